The second-order valence-corrected chi connectivity index (χ2v) is 17.2. The number of amides is 2. The molecule has 0 heterocycles. The summed E-state index contributed by atoms with van der Waals surface area (Å²) in [6, 6.07) is 0. The van der Waals surface area contributed by atoms with E-state index in [0.29, 0.717) is 115 Å². The second kappa shape index (κ2) is 39.6. The van der Waals surface area contributed by atoms with Crippen LogP contribution in [-0.2, 0) is 43.0 Å². The summed E-state index contributed by atoms with van der Waals surface area (Å²) in [5, 5.41) is 5.88. The van der Waals surface area contributed by atoms with Gasteiger partial charge in [-0.05, 0) is 70.1 Å². The molecule has 0 saturated heterocycles. The number of carbonyl (C=O) groups excluding carboxylic acids is 6. The van der Waals surface area contributed by atoms with Crippen LogP contribution in [0.25, 0.3) is 0 Å². The Morgan fingerprint density at radius 1 is 0.407 bits per heavy atom. The number of carbonyl (C=O) groups is 6. The van der Waals surface area contributed by atoms with Crippen LogP contribution in [0, 0.1) is 11.3 Å². The van der Waals surface area contributed by atoms with Crippen LogP contribution < -0.4 is 10.6 Å². The standard InChI is InChI=1S/C48H88N2O9/c1-6-9-13-22-42(51)24-16-12-17-25-44(53)29-34-57-38-48(37-41(4)5,39-58-35-30-45(54)27-19-21-32-49-46(55)28-15-11-8-3)40-59-36-31-47(56)50-33-20-18-26-43(52)23-14-10-7-2/h41H,6-40H2,1-5H3,(H,49,55)(H,50,56). The molecule has 344 valence electrons. The Balaban J connectivity index is 4.92. The molecule has 11 nitrogen and oxygen atoms in total. The Morgan fingerprint density at radius 3 is 1.12 bits per heavy atom. The van der Waals surface area contributed by atoms with Crippen LogP contribution in [0.1, 0.15) is 208 Å². The van der Waals surface area contributed by atoms with Crippen molar-refractivity contribution in [3.05, 3.63) is 0 Å². The smallest absolute Gasteiger partial charge is 0.222 e. The molecule has 59 heavy (non-hydrogen) atoms. The van der Waals surface area contributed by atoms with Crippen molar-refractivity contribution in [3.8, 4) is 0 Å². The number of nitrogens with one attached hydrogen (secondary N) is 2. The van der Waals surface area contributed by atoms with Gasteiger partial charge in [-0.15, -0.1) is 0 Å². The minimum absolute atomic E-state index is 0.0772. The molecule has 0 aliphatic carbocycles. The maximum atomic E-state index is 12.6. The third-order valence-electron chi connectivity index (χ3n) is 10.5. The highest BCUT2D eigenvalue weighted by molar-refractivity contribution is 5.79. The van der Waals surface area contributed by atoms with Crippen LogP contribution in [0.15, 0.2) is 0 Å². The van der Waals surface area contributed by atoms with E-state index >= 15 is 0 Å². The fourth-order valence-electron chi connectivity index (χ4n) is 7.10. The molecular formula is C48H88N2O9. The topological polar surface area (TPSA) is 154 Å². The average molecular weight is 837 g/mol. The van der Waals surface area contributed by atoms with E-state index in [1.807, 2.05) is 0 Å². The minimum Gasteiger partial charge on any atom is -0.380 e. The average Bonchev–Trinajstić information content (AvgIpc) is 3.19. The van der Waals surface area contributed by atoms with E-state index in [1.54, 1.807) is 0 Å². The van der Waals surface area contributed by atoms with Crippen LogP contribution in [-0.4, -0.2) is 87.7 Å². The summed E-state index contributed by atoms with van der Waals surface area (Å²) in [5.41, 5.74) is -0.528. The molecule has 0 aromatic heterocycles. The second-order valence-electron chi connectivity index (χ2n) is 17.2. The van der Waals surface area contributed by atoms with Crippen molar-refractivity contribution in [3.63, 3.8) is 0 Å². The molecule has 1 unspecified atom stereocenters. The Bertz CT molecular complexity index is 984. The van der Waals surface area contributed by atoms with E-state index in [9.17, 15) is 28.8 Å². The molecular weight excluding hydrogens is 749 g/mol. The molecule has 0 aromatic carbocycles. The van der Waals surface area contributed by atoms with Gasteiger partial charge in [-0.2, -0.15) is 0 Å². The maximum absolute atomic E-state index is 12.6. The fraction of sp³-hybridized carbons (Fsp3) is 0.875. The Morgan fingerprint density at radius 2 is 0.729 bits per heavy atom. The molecule has 0 aliphatic heterocycles. The number of rotatable bonds is 45. The van der Waals surface area contributed by atoms with Gasteiger partial charge in [0.1, 0.15) is 23.1 Å². The molecule has 0 spiro atoms. The molecule has 0 aromatic rings. The highest BCUT2D eigenvalue weighted by atomic mass is 16.5. The molecule has 11 heteroatoms. The number of Topliss-reactive ketones (excluding diaryl/α,β-unsaturated/α-hetero) is 4. The largest absolute Gasteiger partial charge is 0.380 e. The van der Waals surface area contributed by atoms with Crippen molar-refractivity contribution >= 4 is 34.9 Å². The minimum atomic E-state index is -0.528. The summed E-state index contributed by atoms with van der Waals surface area (Å²) >= 11 is 0. The van der Waals surface area contributed by atoms with Crippen LogP contribution in [0.5, 0.6) is 0 Å². The molecule has 0 radical (unpaired) electrons. The molecule has 2 amide bonds. The van der Waals surface area contributed by atoms with E-state index in [1.165, 1.54) is 0 Å². The van der Waals surface area contributed by atoms with Crippen molar-refractivity contribution in [2.75, 3.05) is 52.7 Å². The quantitative estimate of drug-likeness (QED) is 0.0571. The third-order valence-corrected chi connectivity index (χ3v) is 10.5. The number of unbranched alkanes of at least 4 members (excludes halogenated alkanes) is 10. The third kappa shape index (κ3) is 37.0. The van der Waals surface area contributed by atoms with Gasteiger partial charge < -0.3 is 24.8 Å². The van der Waals surface area contributed by atoms with Crippen molar-refractivity contribution in [2.24, 2.45) is 11.3 Å². The van der Waals surface area contributed by atoms with E-state index < -0.39 is 5.41 Å². The van der Waals surface area contributed by atoms with Gasteiger partial charge in [0.15, 0.2) is 0 Å². The predicted octanol–water partition coefficient (Wildman–Crippen LogP) is 9.78. The van der Waals surface area contributed by atoms with Crippen LogP contribution >= 0.6 is 0 Å². The SMILES string of the molecule is CCCCCC(=O)CCCCCC(=O)CCOCC(COCCC(=O)CCCCNC(=O)CCCCC)(COCCC(=O)NCCCCC(=O)CCCCC)CC(C)C. The van der Waals surface area contributed by atoms with Gasteiger partial charge in [0, 0.05) is 82.7 Å². The summed E-state index contributed by atoms with van der Waals surface area (Å²) in [6.45, 7) is 13.5. The lowest BCUT2D eigenvalue weighted by Gasteiger charge is -2.35. The molecule has 0 saturated carbocycles. The van der Waals surface area contributed by atoms with Gasteiger partial charge in [0.2, 0.25) is 11.8 Å². The maximum Gasteiger partial charge on any atom is 0.222 e. The zero-order valence-corrected chi connectivity index (χ0v) is 38.5. The molecule has 1 atom stereocenters. The first-order valence-electron chi connectivity index (χ1n) is 23.8. The van der Waals surface area contributed by atoms with Crippen molar-refractivity contribution in [2.45, 2.75) is 208 Å². The normalized spacial score (nSPS) is 12.4. The van der Waals surface area contributed by atoms with Crippen LogP contribution in [0.4, 0.5) is 0 Å². The lowest BCUT2D eigenvalue weighted by molar-refractivity contribution is -0.124. The van der Waals surface area contributed by atoms with Gasteiger partial charge in [-0.1, -0.05) is 79.6 Å². The Hall–Kier alpha value is -2.50. The van der Waals surface area contributed by atoms with E-state index in [0.717, 1.165) is 109 Å². The van der Waals surface area contributed by atoms with Gasteiger partial charge in [0.05, 0.1) is 39.6 Å². The predicted molar refractivity (Wildman–Crippen MR) is 237 cm³/mol. The summed E-state index contributed by atoms with van der Waals surface area (Å²) in [4.78, 5) is 73.7. The highest BCUT2D eigenvalue weighted by Crippen LogP contribution is 2.29. The Kier molecular flexibility index (Phi) is 37.9. The number of ketones is 4. The molecule has 0 aliphatic rings. The number of hydrogen-bond donors (Lipinski definition) is 2. The fourth-order valence-corrected chi connectivity index (χ4v) is 7.10. The monoisotopic (exact) mass is 837 g/mol. The highest BCUT2D eigenvalue weighted by Gasteiger charge is 2.33. The summed E-state index contributed by atoms with van der Waals surface area (Å²) in [7, 11) is 0. The van der Waals surface area contributed by atoms with Crippen LogP contribution in [0.2, 0.25) is 0 Å². The first-order chi connectivity index (χ1) is 28.5. The van der Waals surface area contributed by atoms with E-state index in [-0.39, 0.29) is 43.0 Å². The van der Waals surface area contributed by atoms with Gasteiger partial charge in [-0.3, -0.25) is 28.8 Å². The van der Waals surface area contributed by atoms with Crippen molar-refractivity contribution < 1.29 is 43.0 Å². The van der Waals surface area contributed by atoms with E-state index in [2.05, 4.69) is 45.3 Å². The Labute approximate surface area is 359 Å². The zero-order valence-electron chi connectivity index (χ0n) is 38.5. The molecule has 0 fully saturated rings. The first-order valence-corrected chi connectivity index (χ1v) is 23.8. The summed E-state index contributed by atoms with van der Waals surface area (Å²) < 4.78 is 18.4. The number of hydrogen-bond acceptors (Lipinski definition) is 9. The molecule has 0 bridgehead atoms. The molecule has 0 rings (SSSR count). The molecule has 2 N–H and O–H groups in total. The first kappa shape index (κ1) is 56.5. The van der Waals surface area contributed by atoms with Crippen molar-refractivity contribution in [1.29, 1.82) is 0 Å². The van der Waals surface area contributed by atoms with Gasteiger partial charge >= 0.3 is 0 Å². The van der Waals surface area contributed by atoms with Gasteiger partial charge in [-0.25, -0.2) is 0 Å². The summed E-state index contributed by atoms with van der Waals surface area (Å²) in [5.74, 6) is 1.18. The van der Waals surface area contributed by atoms with E-state index in [4.69, 9.17) is 14.2 Å². The van der Waals surface area contributed by atoms with Crippen molar-refractivity contribution in [1.82, 2.24) is 10.6 Å². The number of ether oxygens (including phenoxy) is 3. The zero-order chi connectivity index (χ0) is 43.8. The summed E-state index contributed by atoms with van der Waals surface area (Å²) in [6.07, 6.45) is 20.4. The van der Waals surface area contributed by atoms with Crippen LogP contribution in [0.3, 0.4) is 0 Å². The lowest BCUT2D eigenvalue weighted by Crippen LogP contribution is -2.39. The van der Waals surface area contributed by atoms with Gasteiger partial charge in [0.25, 0.3) is 0 Å². The lowest BCUT2D eigenvalue weighted by atomic mass is 9.82.